The summed E-state index contributed by atoms with van der Waals surface area (Å²) in [6, 6.07) is 17.9. The predicted molar refractivity (Wildman–Crippen MR) is 128 cm³/mol. The predicted octanol–water partition coefficient (Wildman–Crippen LogP) is 3.84. The zero-order chi connectivity index (χ0) is 23.8. The SMILES string of the molecule is COc1cccc(Nc2cccc(N=C(N)NC(=O)c3cc(OC)c(OC)c(OC)c3)c2)c1. The maximum Gasteiger partial charge on any atom is 0.258 e. The summed E-state index contributed by atoms with van der Waals surface area (Å²) in [5, 5.41) is 5.85. The van der Waals surface area contributed by atoms with Crippen molar-refractivity contribution in [3.63, 3.8) is 0 Å². The smallest absolute Gasteiger partial charge is 0.258 e. The molecule has 4 N–H and O–H groups in total. The first-order valence-corrected chi connectivity index (χ1v) is 9.94. The Morgan fingerprint density at radius 1 is 0.818 bits per heavy atom. The standard InChI is InChI=1S/C24H26N4O5/c1-30-19-10-6-9-18(14-19)26-16-7-5-8-17(13-16)27-24(25)28-23(29)15-11-20(31-2)22(33-4)21(12-15)32-3/h5-14,26H,1-4H3,(H3,25,27,28,29). The molecule has 0 fully saturated rings. The van der Waals surface area contributed by atoms with Gasteiger partial charge >= 0.3 is 0 Å². The second-order valence-electron chi connectivity index (χ2n) is 6.77. The first kappa shape index (κ1) is 23.3. The van der Waals surface area contributed by atoms with Crippen molar-refractivity contribution in [3.05, 3.63) is 66.2 Å². The summed E-state index contributed by atoms with van der Waals surface area (Å²) in [5.41, 5.74) is 8.47. The van der Waals surface area contributed by atoms with E-state index < -0.39 is 5.91 Å². The molecule has 172 valence electrons. The van der Waals surface area contributed by atoms with Crippen molar-refractivity contribution in [1.82, 2.24) is 5.32 Å². The van der Waals surface area contributed by atoms with Gasteiger partial charge in [-0.05, 0) is 42.5 Å². The highest BCUT2D eigenvalue weighted by molar-refractivity contribution is 6.06. The van der Waals surface area contributed by atoms with Gasteiger partial charge in [0.25, 0.3) is 5.91 Å². The average molecular weight is 450 g/mol. The molecule has 3 aromatic rings. The molecule has 1 amide bonds. The first-order valence-electron chi connectivity index (χ1n) is 9.94. The van der Waals surface area contributed by atoms with Crippen LogP contribution < -0.4 is 35.3 Å². The Kier molecular flexibility index (Phi) is 7.59. The van der Waals surface area contributed by atoms with Gasteiger partial charge in [-0.25, -0.2) is 4.99 Å². The topological polar surface area (TPSA) is 116 Å². The number of aliphatic imine (C=N–C) groups is 1. The number of anilines is 2. The third-order valence-corrected chi connectivity index (χ3v) is 4.62. The van der Waals surface area contributed by atoms with Crippen LogP contribution in [-0.4, -0.2) is 40.3 Å². The van der Waals surface area contributed by atoms with Gasteiger partial charge in [-0.15, -0.1) is 0 Å². The van der Waals surface area contributed by atoms with E-state index in [4.69, 9.17) is 24.7 Å². The van der Waals surface area contributed by atoms with Gasteiger partial charge in [0.2, 0.25) is 11.7 Å². The molecular formula is C24H26N4O5. The number of nitrogens with one attached hydrogen (secondary N) is 2. The van der Waals surface area contributed by atoms with E-state index in [0.717, 1.165) is 17.1 Å². The molecule has 0 aliphatic carbocycles. The molecule has 9 heteroatoms. The minimum absolute atomic E-state index is 0.0627. The quantitative estimate of drug-likeness (QED) is 0.353. The Morgan fingerprint density at radius 2 is 1.45 bits per heavy atom. The van der Waals surface area contributed by atoms with Gasteiger partial charge in [0, 0.05) is 23.0 Å². The van der Waals surface area contributed by atoms with E-state index >= 15 is 0 Å². The summed E-state index contributed by atoms with van der Waals surface area (Å²) < 4.78 is 21.1. The van der Waals surface area contributed by atoms with Gasteiger partial charge in [-0.3, -0.25) is 10.1 Å². The number of amides is 1. The summed E-state index contributed by atoms with van der Waals surface area (Å²) in [4.78, 5) is 17.0. The number of rotatable bonds is 8. The van der Waals surface area contributed by atoms with Gasteiger partial charge in [0.1, 0.15) is 5.75 Å². The van der Waals surface area contributed by atoms with Gasteiger partial charge in [0.05, 0.1) is 34.1 Å². The number of methoxy groups -OCH3 is 4. The molecule has 0 heterocycles. The zero-order valence-electron chi connectivity index (χ0n) is 18.8. The van der Waals surface area contributed by atoms with Crippen molar-refractivity contribution < 1.29 is 23.7 Å². The molecule has 0 aliphatic rings. The molecule has 0 unspecified atom stereocenters. The first-order chi connectivity index (χ1) is 16.0. The van der Waals surface area contributed by atoms with Gasteiger partial charge in [-0.1, -0.05) is 12.1 Å². The molecule has 3 aromatic carbocycles. The number of ether oxygens (including phenoxy) is 4. The van der Waals surface area contributed by atoms with Crippen molar-refractivity contribution in [1.29, 1.82) is 0 Å². The van der Waals surface area contributed by atoms with Gasteiger partial charge in [0.15, 0.2) is 11.5 Å². The van der Waals surface area contributed by atoms with E-state index in [1.54, 1.807) is 19.2 Å². The van der Waals surface area contributed by atoms with Crippen LogP contribution in [0, 0.1) is 0 Å². The molecule has 3 rings (SSSR count). The molecule has 0 aromatic heterocycles. The lowest BCUT2D eigenvalue weighted by molar-refractivity contribution is 0.0976. The summed E-state index contributed by atoms with van der Waals surface area (Å²) in [7, 11) is 6.05. The third kappa shape index (κ3) is 5.85. The fourth-order valence-electron chi connectivity index (χ4n) is 3.09. The Labute approximate surface area is 192 Å². The molecule has 0 saturated heterocycles. The van der Waals surface area contributed by atoms with Crippen molar-refractivity contribution in [3.8, 4) is 23.0 Å². The van der Waals surface area contributed by atoms with Crippen LogP contribution in [0.25, 0.3) is 0 Å². The van der Waals surface area contributed by atoms with Crippen LogP contribution in [0.1, 0.15) is 10.4 Å². The van der Waals surface area contributed by atoms with Crippen LogP contribution in [0.3, 0.4) is 0 Å². The monoisotopic (exact) mass is 450 g/mol. The number of hydrogen-bond donors (Lipinski definition) is 3. The van der Waals surface area contributed by atoms with Crippen LogP contribution >= 0.6 is 0 Å². The highest BCUT2D eigenvalue weighted by Crippen LogP contribution is 2.38. The number of carbonyl (C=O) groups excluding carboxylic acids is 1. The van der Waals surface area contributed by atoms with Crippen molar-refractivity contribution in [2.75, 3.05) is 33.8 Å². The van der Waals surface area contributed by atoms with Crippen molar-refractivity contribution in [2.45, 2.75) is 0 Å². The maximum atomic E-state index is 12.7. The Balaban J connectivity index is 1.76. The van der Waals surface area contributed by atoms with E-state index in [1.807, 2.05) is 36.4 Å². The van der Waals surface area contributed by atoms with Crippen molar-refractivity contribution >= 4 is 28.9 Å². The summed E-state index contributed by atoms with van der Waals surface area (Å²) >= 11 is 0. The number of nitrogens with two attached hydrogens (primary N) is 1. The molecule has 0 bridgehead atoms. The van der Waals surface area contributed by atoms with Crippen LogP contribution in [0.4, 0.5) is 17.1 Å². The van der Waals surface area contributed by atoms with E-state index in [2.05, 4.69) is 15.6 Å². The average Bonchev–Trinajstić information content (AvgIpc) is 2.83. The van der Waals surface area contributed by atoms with Crippen LogP contribution in [0.15, 0.2) is 65.7 Å². The lowest BCUT2D eigenvalue weighted by Gasteiger charge is -2.14. The number of nitrogens with zero attached hydrogens (tertiary/aromatic N) is 1. The van der Waals surface area contributed by atoms with Gasteiger partial charge < -0.3 is 30.0 Å². The van der Waals surface area contributed by atoms with E-state index in [-0.39, 0.29) is 11.5 Å². The molecule has 0 atom stereocenters. The fraction of sp³-hybridized carbons (Fsp3) is 0.167. The Hall–Kier alpha value is -4.40. The third-order valence-electron chi connectivity index (χ3n) is 4.62. The zero-order valence-corrected chi connectivity index (χ0v) is 18.8. The molecular weight excluding hydrogens is 424 g/mol. The maximum absolute atomic E-state index is 12.7. The van der Waals surface area contributed by atoms with Crippen molar-refractivity contribution in [2.24, 2.45) is 10.7 Å². The molecule has 0 radical (unpaired) electrons. The molecule has 0 aliphatic heterocycles. The number of hydrogen-bond acceptors (Lipinski definition) is 7. The van der Waals surface area contributed by atoms with Crippen LogP contribution in [0.2, 0.25) is 0 Å². The number of benzene rings is 3. The molecule has 0 saturated carbocycles. The van der Waals surface area contributed by atoms with Crippen LogP contribution in [0.5, 0.6) is 23.0 Å². The largest absolute Gasteiger partial charge is 0.497 e. The van der Waals surface area contributed by atoms with Crippen LogP contribution in [-0.2, 0) is 0 Å². The highest BCUT2D eigenvalue weighted by atomic mass is 16.5. The van der Waals surface area contributed by atoms with E-state index in [0.29, 0.717) is 22.9 Å². The molecule has 0 spiro atoms. The fourth-order valence-corrected chi connectivity index (χ4v) is 3.09. The summed E-state index contributed by atoms with van der Waals surface area (Å²) in [6.45, 7) is 0. The second-order valence-corrected chi connectivity index (χ2v) is 6.77. The molecule has 33 heavy (non-hydrogen) atoms. The minimum Gasteiger partial charge on any atom is -0.497 e. The lowest BCUT2D eigenvalue weighted by Crippen LogP contribution is -2.36. The normalized spacial score (nSPS) is 10.8. The Bertz CT molecular complexity index is 1140. The van der Waals surface area contributed by atoms with E-state index in [9.17, 15) is 4.79 Å². The highest BCUT2D eigenvalue weighted by Gasteiger charge is 2.17. The molecule has 9 nitrogen and oxygen atoms in total. The van der Waals surface area contributed by atoms with Gasteiger partial charge in [-0.2, -0.15) is 0 Å². The number of carbonyl (C=O) groups is 1. The number of guanidine groups is 1. The second kappa shape index (κ2) is 10.8. The van der Waals surface area contributed by atoms with E-state index in [1.165, 1.54) is 33.5 Å². The lowest BCUT2D eigenvalue weighted by atomic mass is 10.1. The minimum atomic E-state index is -0.471. The summed E-state index contributed by atoms with van der Waals surface area (Å²) in [5.74, 6) is 1.31. The summed E-state index contributed by atoms with van der Waals surface area (Å²) in [6.07, 6.45) is 0. The Morgan fingerprint density at radius 3 is 2.06 bits per heavy atom.